The minimum Gasteiger partial charge on any atom is -0.491 e. The number of nitrogens with two attached hydrogens (primary N) is 1. The van der Waals surface area contributed by atoms with Crippen LogP contribution in [0.4, 0.5) is 11.4 Å². The van der Waals surface area contributed by atoms with Gasteiger partial charge in [0, 0.05) is 26.2 Å². The maximum absolute atomic E-state index is 6.24. The van der Waals surface area contributed by atoms with Crippen LogP contribution >= 0.6 is 0 Å². The van der Waals surface area contributed by atoms with Crippen LogP contribution in [-0.2, 0) is 0 Å². The Hall–Kier alpha value is -1.42. The number of likely N-dealkylation sites (N-methyl/N-ethyl adjacent to an activating group) is 1. The molecule has 0 radical (unpaired) electrons. The Bertz CT molecular complexity index is 400. The standard InChI is InChI=1S/C15H25N3O/c1-3-12-19-14-7-5-6-13(15(14)16)18-10-8-17(4-2)9-11-18/h5-7H,3-4,8-12,16H2,1-2H3. The number of piperazine rings is 1. The van der Waals surface area contributed by atoms with Gasteiger partial charge >= 0.3 is 0 Å². The van der Waals surface area contributed by atoms with Crippen LogP contribution in [0.15, 0.2) is 18.2 Å². The van der Waals surface area contributed by atoms with E-state index in [2.05, 4.69) is 29.7 Å². The number of para-hydroxylation sites is 1. The molecule has 0 aliphatic carbocycles. The molecule has 0 bridgehead atoms. The van der Waals surface area contributed by atoms with Gasteiger partial charge in [0.2, 0.25) is 0 Å². The number of nitrogen functional groups attached to an aromatic ring is 1. The molecule has 0 atom stereocenters. The lowest BCUT2D eigenvalue weighted by Gasteiger charge is -2.36. The fourth-order valence-corrected chi connectivity index (χ4v) is 2.45. The number of benzene rings is 1. The molecular weight excluding hydrogens is 238 g/mol. The molecular formula is C15H25N3O. The van der Waals surface area contributed by atoms with Gasteiger partial charge in [0.05, 0.1) is 18.0 Å². The van der Waals surface area contributed by atoms with E-state index < -0.39 is 0 Å². The van der Waals surface area contributed by atoms with E-state index in [1.807, 2.05) is 12.1 Å². The molecule has 4 heteroatoms. The van der Waals surface area contributed by atoms with E-state index in [0.717, 1.165) is 62.9 Å². The highest BCUT2D eigenvalue weighted by atomic mass is 16.5. The van der Waals surface area contributed by atoms with E-state index in [4.69, 9.17) is 10.5 Å². The van der Waals surface area contributed by atoms with Crippen LogP contribution < -0.4 is 15.4 Å². The summed E-state index contributed by atoms with van der Waals surface area (Å²) >= 11 is 0. The third-order valence-corrected chi connectivity index (χ3v) is 3.66. The van der Waals surface area contributed by atoms with Gasteiger partial charge in [-0.3, -0.25) is 0 Å². The molecule has 0 spiro atoms. The van der Waals surface area contributed by atoms with Gasteiger partial charge in [0.25, 0.3) is 0 Å². The number of hydrogen-bond acceptors (Lipinski definition) is 4. The quantitative estimate of drug-likeness (QED) is 0.827. The SMILES string of the molecule is CCCOc1cccc(N2CCN(CC)CC2)c1N. The largest absolute Gasteiger partial charge is 0.491 e. The Kier molecular flexibility index (Phi) is 4.91. The summed E-state index contributed by atoms with van der Waals surface area (Å²) in [6.07, 6.45) is 0.999. The van der Waals surface area contributed by atoms with E-state index in [1.54, 1.807) is 0 Å². The first-order valence-electron chi connectivity index (χ1n) is 7.24. The van der Waals surface area contributed by atoms with Crippen molar-refractivity contribution in [1.29, 1.82) is 0 Å². The minimum atomic E-state index is 0.720. The van der Waals surface area contributed by atoms with E-state index in [0.29, 0.717) is 0 Å². The number of hydrogen-bond donors (Lipinski definition) is 1. The summed E-state index contributed by atoms with van der Waals surface area (Å²) in [5, 5.41) is 0. The minimum absolute atomic E-state index is 0.720. The Labute approximate surface area is 116 Å². The normalized spacial score (nSPS) is 16.6. The molecule has 0 unspecified atom stereocenters. The van der Waals surface area contributed by atoms with Crippen LogP contribution in [0.2, 0.25) is 0 Å². The summed E-state index contributed by atoms with van der Waals surface area (Å²) in [6, 6.07) is 6.08. The van der Waals surface area contributed by atoms with Gasteiger partial charge in [0.15, 0.2) is 0 Å². The molecule has 1 aliphatic rings. The number of ether oxygens (including phenoxy) is 1. The second kappa shape index (κ2) is 6.66. The van der Waals surface area contributed by atoms with E-state index in [-0.39, 0.29) is 0 Å². The lowest BCUT2D eigenvalue weighted by molar-refractivity contribution is 0.271. The Morgan fingerprint density at radius 1 is 1.16 bits per heavy atom. The van der Waals surface area contributed by atoms with Crippen LogP contribution in [0.25, 0.3) is 0 Å². The van der Waals surface area contributed by atoms with Crippen LogP contribution in [0.1, 0.15) is 20.3 Å². The molecule has 0 aromatic heterocycles. The molecule has 2 N–H and O–H groups in total. The lowest BCUT2D eigenvalue weighted by atomic mass is 10.2. The summed E-state index contributed by atoms with van der Waals surface area (Å²) in [6.45, 7) is 10.4. The maximum atomic E-state index is 6.24. The smallest absolute Gasteiger partial charge is 0.144 e. The Morgan fingerprint density at radius 3 is 2.53 bits per heavy atom. The van der Waals surface area contributed by atoms with Crippen molar-refractivity contribution in [2.75, 3.05) is 50.0 Å². The fourth-order valence-electron chi connectivity index (χ4n) is 2.45. The van der Waals surface area contributed by atoms with Crippen LogP contribution in [0.3, 0.4) is 0 Å². The van der Waals surface area contributed by atoms with E-state index >= 15 is 0 Å². The van der Waals surface area contributed by atoms with Crippen molar-refractivity contribution in [3.63, 3.8) is 0 Å². The molecule has 106 valence electrons. The molecule has 1 saturated heterocycles. The van der Waals surface area contributed by atoms with Gasteiger partial charge in [-0.15, -0.1) is 0 Å². The fraction of sp³-hybridized carbons (Fsp3) is 0.600. The van der Waals surface area contributed by atoms with Gasteiger partial charge < -0.3 is 20.3 Å². The Balaban J connectivity index is 2.08. The van der Waals surface area contributed by atoms with E-state index in [1.165, 1.54) is 0 Å². The maximum Gasteiger partial charge on any atom is 0.144 e. The van der Waals surface area contributed by atoms with Gasteiger partial charge in [-0.1, -0.05) is 19.9 Å². The zero-order chi connectivity index (χ0) is 13.7. The zero-order valence-corrected chi connectivity index (χ0v) is 12.1. The topological polar surface area (TPSA) is 41.7 Å². The van der Waals surface area contributed by atoms with E-state index in [9.17, 15) is 0 Å². The van der Waals surface area contributed by atoms with Crippen molar-refractivity contribution < 1.29 is 4.74 Å². The van der Waals surface area contributed by atoms with Crippen molar-refractivity contribution in [1.82, 2.24) is 4.90 Å². The van der Waals surface area contributed by atoms with Crippen LogP contribution in [0.5, 0.6) is 5.75 Å². The molecule has 1 heterocycles. The summed E-state index contributed by atoms with van der Waals surface area (Å²) in [5.74, 6) is 0.817. The first-order valence-corrected chi connectivity index (χ1v) is 7.24. The molecule has 0 amide bonds. The molecule has 2 rings (SSSR count). The monoisotopic (exact) mass is 263 g/mol. The summed E-state index contributed by atoms with van der Waals surface area (Å²) in [5.41, 5.74) is 8.14. The zero-order valence-electron chi connectivity index (χ0n) is 12.1. The first kappa shape index (κ1) is 14.0. The molecule has 4 nitrogen and oxygen atoms in total. The average Bonchev–Trinajstić information content (AvgIpc) is 2.46. The predicted octanol–water partition coefficient (Wildman–Crippen LogP) is 2.20. The van der Waals surface area contributed by atoms with Crippen LogP contribution in [-0.4, -0.2) is 44.2 Å². The highest BCUT2D eigenvalue weighted by Crippen LogP contribution is 2.32. The van der Waals surface area contributed by atoms with Gasteiger partial charge in [0.1, 0.15) is 5.75 Å². The molecule has 19 heavy (non-hydrogen) atoms. The van der Waals surface area contributed by atoms with Crippen molar-refractivity contribution in [3.05, 3.63) is 18.2 Å². The second-order valence-corrected chi connectivity index (χ2v) is 4.96. The highest BCUT2D eigenvalue weighted by molar-refractivity contribution is 5.74. The van der Waals surface area contributed by atoms with Gasteiger partial charge in [-0.2, -0.15) is 0 Å². The molecule has 1 aromatic carbocycles. The molecule has 1 fully saturated rings. The Morgan fingerprint density at radius 2 is 1.89 bits per heavy atom. The number of rotatable bonds is 5. The predicted molar refractivity (Wildman–Crippen MR) is 81.0 cm³/mol. The lowest BCUT2D eigenvalue weighted by Crippen LogP contribution is -2.46. The summed E-state index contributed by atoms with van der Waals surface area (Å²) < 4.78 is 5.70. The van der Waals surface area contributed by atoms with Crippen molar-refractivity contribution in [2.45, 2.75) is 20.3 Å². The molecule has 0 saturated carbocycles. The number of nitrogens with zero attached hydrogens (tertiary/aromatic N) is 2. The molecule has 1 aliphatic heterocycles. The second-order valence-electron chi connectivity index (χ2n) is 4.96. The van der Waals surface area contributed by atoms with Crippen molar-refractivity contribution in [3.8, 4) is 5.75 Å². The van der Waals surface area contributed by atoms with Crippen molar-refractivity contribution in [2.24, 2.45) is 0 Å². The van der Waals surface area contributed by atoms with Crippen molar-refractivity contribution >= 4 is 11.4 Å². The van der Waals surface area contributed by atoms with Gasteiger partial charge in [-0.05, 0) is 25.1 Å². The summed E-state index contributed by atoms with van der Waals surface area (Å²) in [4.78, 5) is 4.82. The highest BCUT2D eigenvalue weighted by Gasteiger charge is 2.18. The third-order valence-electron chi connectivity index (χ3n) is 3.66. The average molecular weight is 263 g/mol. The summed E-state index contributed by atoms with van der Waals surface area (Å²) in [7, 11) is 0. The first-order chi connectivity index (χ1) is 9.26. The van der Waals surface area contributed by atoms with Crippen LogP contribution in [0, 0.1) is 0 Å². The molecule has 1 aromatic rings. The van der Waals surface area contributed by atoms with Gasteiger partial charge in [-0.25, -0.2) is 0 Å². The number of anilines is 2. The third kappa shape index (κ3) is 3.32.